The molecule has 5 nitrogen and oxygen atoms in total. The Balaban J connectivity index is 3.01. The van der Waals surface area contributed by atoms with Crippen molar-refractivity contribution in [2.24, 2.45) is 0 Å². The van der Waals surface area contributed by atoms with E-state index < -0.39 is 15.6 Å². The summed E-state index contributed by atoms with van der Waals surface area (Å²) in [6.07, 6.45) is 1.45. The van der Waals surface area contributed by atoms with Crippen LogP contribution in [0.2, 0.25) is 0 Å². The molecule has 0 radical (unpaired) electrons. The Bertz CT molecular complexity index is 536. The molecule has 0 aromatic carbocycles. The lowest BCUT2D eigenvalue weighted by Crippen LogP contribution is -2.44. The van der Waals surface area contributed by atoms with Crippen molar-refractivity contribution in [3.05, 3.63) is 16.5 Å². The lowest BCUT2D eigenvalue weighted by molar-refractivity contribution is 0.388. The second kappa shape index (κ2) is 7.06. The Morgan fingerprint density at radius 1 is 1.30 bits per heavy atom. The zero-order valence-electron chi connectivity index (χ0n) is 12.4. The molecular formula is C13H23BrN2O3S. The van der Waals surface area contributed by atoms with Gasteiger partial charge < -0.3 is 9.73 Å². The monoisotopic (exact) mass is 366 g/mol. The van der Waals surface area contributed by atoms with Gasteiger partial charge in [-0.3, -0.25) is 0 Å². The van der Waals surface area contributed by atoms with Crippen LogP contribution in [0.4, 0.5) is 0 Å². The first-order valence-electron chi connectivity index (χ1n) is 6.81. The Kier molecular flexibility index (Phi) is 6.25. The number of furan rings is 1. The molecule has 0 saturated carbocycles. The van der Waals surface area contributed by atoms with Crippen LogP contribution in [0.3, 0.4) is 0 Å². The lowest BCUT2D eigenvalue weighted by atomic mass is 9.98. The number of sulfonamides is 1. The molecule has 2 N–H and O–H groups in total. The van der Waals surface area contributed by atoms with Gasteiger partial charge >= 0.3 is 0 Å². The second-order valence-electron chi connectivity index (χ2n) is 5.00. The molecule has 1 heterocycles. The summed E-state index contributed by atoms with van der Waals surface area (Å²) < 4.78 is 33.3. The molecule has 0 aliphatic rings. The number of rotatable bonds is 8. The molecule has 1 rings (SSSR count). The summed E-state index contributed by atoms with van der Waals surface area (Å²) in [6, 6.07) is 1.56. The average molecular weight is 367 g/mol. The molecule has 1 aromatic rings. The minimum absolute atomic E-state index is 0.151. The van der Waals surface area contributed by atoms with Gasteiger partial charge in [-0.2, -0.15) is 0 Å². The van der Waals surface area contributed by atoms with Gasteiger partial charge in [0.25, 0.3) is 0 Å². The summed E-state index contributed by atoms with van der Waals surface area (Å²) in [4.78, 5) is 0.151. The third-order valence-corrected chi connectivity index (χ3v) is 5.98. The molecule has 0 unspecified atom stereocenters. The molecule has 1 aromatic heterocycles. The topological polar surface area (TPSA) is 71.3 Å². The van der Waals surface area contributed by atoms with Gasteiger partial charge in [-0.25, -0.2) is 13.1 Å². The van der Waals surface area contributed by atoms with Crippen LogP contribution in [-0.2, 0) is 16.6 Å². The molecule has 0 fully saturated rings. The van der Waals surface area contributed by atoms with Crippen molar-refractivity contribution < 1.29 is 12.8 Å². The van der Waals surface area contributed by atoms with Crippen LogP contribution in [-0.4, -0.2) is 20.5 Å². The van der Waals surface area contributed by atoms with E-state index in [0.29, 0.717) is 12.3 Å². The predicted octanol–water partition coefficient (Wildman–Crippen LogP) is 3.01. The minimum Gasteiger partial charge on any atom is -0.452 e. The number of hydrogen-bond donors (Lipinski definition) is 2. The van der Waals surface area contributed by atoms with Gasteiger partial charge in [-0.05, 0) is 42.2 Å². The molecule has 116 valence electrons. The van der Waals surface area contributed by atoms with Gasteiger partial charge in [-0.15, -0.1) is 0 Å². The van der Waals surface area contributed by atoms with Crippen LogP contribution in [0.5, 0.6) is 0 Å². The molecule has 0 saturated heterocycles. The number of hydrogen-bond acceptors (Lipinski definition) is 4. The summed E-state index contributed by atoms with van der Waals surface area (Å²) >= 11 is 3.18. The van der Waals surface area contributed by atoms with Gasteiger partial charge in [0, 0.05) is 11.6 Å². The van der Waals surface area contributed by atoms with E-state index in [1.165, 1.54) is 0 Å². The van der Waals surface area contributed by atoms with Crippen molar-refractivity contribution in [2.75, 3.05) is 6.54 Å². The van der Waals surface area contributed by atoms with Crippen LogP contribution in [0.1, 0.15) is 46.3 Å². The molecule has 0 atom stereocenters. The third kappa shape index (κ3) is 4.31. The third-order valence-electron chi connectivity index (χ3n) is 3.49. The smallest absolute Gasteiger partial charge is 0.245 e. The zero-order chi connectivity index (χ0) is 15.4. The average Bonchev–Trinajstić information content (AvgIpc) is 2.78. The fourth-order valence-corrected chi connectivity index (χ4v) is 4.24. The predicted molar refractivity (Wildman–Crippen MR) is 83.1 cm³/mol. The maximum atomic E-state index is 12.5. The van der Waals surface area contributed by atoms with Crippen molar-refractivity contribution in [3.8, 4) is 0 Å². The van der Waals surface area contributed by atoms with Crippen LogP contribution in [0.15, 0.2) is 20.0 Å². The van der Waals surface area contributed by atoms with Crippen molar-refractivity contribution in [2.45, 2.75) is 57.5 Å². The lowest BCUT2D eigenvalue weighted by Gasteiger charge is -2.27. The van der Waals surface area contributed by atoms with Gasteiger partial charge in [0.1, 0.15) is 10.7 Å². The molecule has 0 aliphatic heterocycles. The first-order valence-corrected chi connectivity index (χ1v) is 9.08. The van der Waals surface area contributed by atoms with E-state index in [4.69, 9.17) is 4.42 Å². The van der Waals surface area contributed by atoms with Crippen LogP contribution in [0.25, 0.3) is 0 Å². The Hall–Kier alpha value is -0.370. The Morgan fingerprint density at radius 2 is 1.90 bits per heavy atom. The van der Waals surface area contributed by atoms with Crippen LogP contribution in [0, 0.1) is 0 Å². The highest BCUT2D eigenvalue weighted by Crippen LogP contribution is 2.28. The van der Waals surface area contributed by atoms with E-state index in [2.05, 4.69) is 26.0 Å². The van der Waals surface area contributed by atoms with E-state index in [9.17, 15) is 8.42 Å². The largest absolute Gasteiger partial charge is 0.452 e. The fourth-order valence-electron chi connectivity index (χ4n) is 1.69. The highest BCUT2D eigenvalue weighted by Gasteiger charge is 2.30. The highest BCUT2D eigenvalue weighted by atomic mass is 79.9. The normalized spacial score (nSPS) is 12.8. The van der Waals surface area contributed by atoms with E-state index >= 15 is 0 Å². The molecular weight excluding hydrogens is 344 g/mol. The van der Waals surface area contributed by atoms with Crippen LogP contribution < -0.4 is 10.0 Å². The second-order valence-corrected chi connectivity index (χ2v) is 7.38. The first kappa shape index (κ1) is 17.7. The molecule has 7 heteroatoms. The molecule has 0 aliphatic carbocycles. The summed E-state index contributed by atoms with van der Waals surface area (Å²) in [7, 11) is -3.60. The van der Waals surface area contributed by atoms with E-state index in [0.717, 1.165) is 19.4 Å². The zero-order valence-corrected chi connectivity index (χ0v) is 14.8. The van der Waals surface area contributed by atoms with E-state index in [1.807, 2.05) is 27.7 Å². The van der Waals surface area contributed by atoms with Crippen LogP contribution >= 0.6 is 15.9 Å². The minimum atomic E-state index is -3.60. The first-order chi connectivity index (χ1) is 9.28. The van der Waals surface area contributed by atoms with Crippen molar-refractivity contribution in [1.29, 1.82) is 0 Å². The standard InChI is InChI=1S/C13H23BrN2O3S/c1-5-13(4,6-2)16-20(17,18)11-8-10(9-15-7-3)19-12(11)14/h8,15-16H,5-7,9H2,1-4H3. The van der Waals surface area contributed by atoms with E-state index in [-0.39, 0.29) is 9.56 Å². The summed E-state index contributed by atoms with van der Waals surface area (Å²) in [6.45, 7) is 9.11. The summed E-state index contributed by atoms with van der Waals surface area (Å²) in [5.74, 6) is 0.591. The summed E-state index contributed by atoms with van der Waals surface area (Å²) in [5, 5.41) is 3.10. The fraction of sp³-hybridized carbons (Fsp3) is 0.692. The maximum absolute atomic E-state index is 12.5. The summed E-state index contributed by atoms with van der Waals surface area (Å²) in [5.41, 5.74) is -0.447. The van der Waals surface area contributed by atoms with Gasteiger partial charge in [0.05, 0.1) is 6.54 Å². The highest BCUT2D eigenvalue weighted by molar-refractivity contribution is 9.10. The van der Waals surface area contributed by atoms with Gasteiger partial charge in [0.15, 0.2) is 4.67 Å². The molecule has 0 bridgehead atoms. The van der Waals surface area contributed by atoms with Gasteiger partial charge in [-0.1, -0.05) is 20.8 Å². The Labute approximate surface area is 129 Å². The Morgan fingerprint density at radius 3 is 2.40 bits per heavy atom. The maximum Gasteiger partial charge on any atom is 0.245 e. The molecule has 0 amide bonds. The number of nitrogens with one attached hydrogen (secondary N) is 2. The van der Waals surface area contributed by atoms with Crippen molar-refractivity contribution in [1.82, 2.24) is 10.0 Å². The van der Waals surface area contributed by atoms with E-state index in [1.54, 1.807) is 6.07 Å². The molecule has 20 heavy (non-hydrogen) atoms. The SMILES string of the molecule is CCNCc1cc(S(=O)(=O)NC(C)(CC)CC)c(Br)o1. The number of halogens is 1. The van der Waals surface area contributed by atoms with Crippen molar-refractivity contribution >= 4 is 26.0 Å². The van der Waals surface area contributed by atoms with Crippen molar-refractivity contribution in [3.63, 3.8) is 0 Å². The van der Waals surface area contributed by atoms with Gasteiger partial charge in [0.2, 0.25) is 10.0 Å². The molecule has 0 spiro atoms. The quantitative estimate of drug-likeness (QED) is 0.741.